The van der Waals surface area contributed by atoms with E-state index in [0.29, 0.717) is 0 Å². The van der Waals surface area contributed by atoms with Gasteiger partial charge in [-0.1, -0.05) is 182 Å². The van der Waals surface area contributed by atoms with Gasteiger partial charge in [-0.25, -0.2) is 0 Å². The molecule has 0 N–H and O–H groups in total. The highest BCUT2D eigenvalue weighted by Crippen LogP contribution is 2.44. The summed E-state index contributed by atoms with van der Waals surface area (Å²) >= 11 is 1.91. The van der Waals surface area contributed by atoms with Crippen molar-refractivity contribution >= 4 is 75.2 Å². The van der Waals surface area contributed by atoms with Gasteiger partial charge in [-0.3, -0.25) is 0 Å². The van der Waals surface area contributed by atoms with E-state index in [4.69, 9.17) is 0 Å². The zero-order chi connectivity index (χ0) is 37.7. The molecule has 11 aromatic rings. The Labute approximate surface area is 336 Å². The van der Waals surface area contributed by atoms with Crippen LogP contribution < -0.4 is 4.90 Å². The van der Waals surface area contributed by atoms with Gasteiger partial charge in [0, 0.05) is 38.1 Å². The largest absolute Gasteiger partial charge is 0.337 e. The van der Waals surface area contributed by atoms with Crippen molar-refractivity contribution in [3.05, 3.63) is 218 Å². The third kappa shape index (κ3) is 5.85. The summed E-state index contributed by atoms with van der Waals surface area (Å²) in [5, 5.41) is 10.4. The van der Waals surface area contributed by atoms with E-state index in [1.54, 1.807) is 0 Å². The lowest BCUT2D eigenvalue weighted by molar-refractivity contribution is 0.977. The Kier molecular flexibility index (Phi) is 8.15. The van der Waals surface area contributed by atoms with Crippen molar-refractivity contribution in [1.29, 1.82) is 0 Å². The summed E-state index contributed by atoms with van der Waals surface area (Å²) < 4.78 is 2.69. The van der Waals surface area contributed by atoms with Gasteiger partial charge in [0.2, 0.25) is 0 Å². The van der Waals surface area contributed by atoms with Gasteiger partial charge in [-0.15, -0.1) is 11.3 Å². The van der Waals surface area contributed by atoms with Crippen LogP contribution in [0.1, 0.15) is 5.56 Å². The van der Waals surface area contributed by atoms with E-state index in [1.165, 1.54) is 91.4 Å². The number of anilines is 2. The Hall–Kier alpha value is -7.00. The van der Waals surface area contributed by atoms with Gasteiger partial charge in [0.15, 0.2) is 0 Å². The lowest BCUT2D eigenvalue weighted by Gasteiger charge is -2.27. The maximum Gasteiger partial charge on any atom is 0.0487 e. The minimum atomic E-state index is 0.724. The summed E-state index contributed by atoms with van der Waals surface area (Å²) in [6.07, 6.45) is 0. The van der Waals surface area contributed by atoms with E-state index < -0.39 is 0 Å². The predicted molar refractivity (Wildman–Crippen MR) is 247 cm³/mol. The summed E-state index contributed by atoms with van der Waals surface area (Å²) in [5.74, 6) is 0. The predicted octanol–water partition coefficient (Wildman–Crippen LogP) is 15.9. The maximum atomic E-state index is 2.46. The van der Waals surface area contributed by atoms with Crippen LogP contribution in [0, 0.1) is 0 Å². The quantitative estimate of drug-likeness (QED) is 0.147. The molecule has 1 nitrogen and oxygen atoms in total. The first kappa shape index (κ1) is 33.3. The normalized spacial score (nSPS) is 11.6. The molecule has 0 aliphatic heterocycles. The number of nitrogens with zero attached hydrogens (tertiary/aromatic N) is 1. The highest BCUT2D eigenvalue weighted by molar-refractivity contribution is 7.27. The van der Waals surface area contributed by atoms with E-state index in [-0.39, 0.29) is 0 Å². The first-order valence-corrected chi connectivity index (χ1v) is 20.4. The number of benzene rings is 10. The van der Waals surface area contributed by atoms with Crippen molar-refractivity contribution in [2.45, 2.75) is 6.54 Å². The van der Waals surface area contributed by atoms with Crippen molar-refractivity contribution in [3.8, 4) is 33.4 Å². The number of thiophene rings is 1. The van der Waals surface area contributed by atoms with Crippen LogP contribution in [-0.2, 0) is 6.54 Å². The zero-order valence-corrected chi connectivity index (χ0v) is 32.1. The fraction of sp³-hybridized carbons (Fsp3) is 0.0182. The smallest absolute Gasteiger partial charge is 0.0487 e. The van der Waals surface area contributed by atoms with Crippen molar-refractivity contribution in [1.82, 2.24) is 0 Å². The maximum absolute atomic E-state index is 2.46. The summed E-state index contributed by atoms with van der Waals surface area (Å²) in [6, 6.07) is 77.8. The summed E-state index contributed by atoms with van der Waals surface area (Å²) in [4.78, 5) is 2.46. The Morgan fingerprint density at radius 3 is 1.63 bits per heavy atom. The second-order valence-corrected chi connectivity index (χ2v) is 15.9. The van der Waals surface area contributed by atoms with E-state index in [2.05, 4.69) is 217 Å². The summed E-state index contributed by atoms with van der Waals surface area (Å²) in [5.41, 5.74) is 11.0. The fourth-order valence-electron chi connectivity index (χ4n) is 8.75. The highest BCUT2D eigenvalue weighted by Gasteiger charge is 2.17. The third-order valence-corrected chi connectivity index (χ3v) is 12.9. The lowest BCUT2D eigenvalue weighted by atomic mass is 9.93. The van der Waals surface area contributed by atoms with Gasteiger partial charge in [0.05, 0.1) is 0 Å². The molecule has 0 unspecified atom stereocenters. The van der Waals surface area contributed by atoms with Crippen molar-refractivity contribution in [2.24, 2.45) is 0 Å². The topological polar surface area (TPSA) is 3.24 Å². The van der Waals surface area contributed by atoms with Gasteiger partial charge in [0.1, 0.15) is 0 Å². The van der Waals surface area contributed by atoms with Crippen molar-refractivity contribution < 1.29 is 0 Å². The molecule has 1 heterocycles. The molecule has 1 aromatic heterocycles. The molecule has 2 heteroatoms. The second kappa shape index (κ2) is 13.9. The van der Waals surface area contributed by atoms with E-state index in [1.807, 2.05) is 11.3 Å². The van der Waals surface area contributed by atoms with Crippen molar-refractivity contribution in [3.63, 3.8) is 0 Å². The van der Waals surface area contributed by atoms with Gasteiger partial charge in [-0.05, 0) is 102 Å². The monoisotopic (exact) mass is 743 g/mol. The molecule has 0 radical (unpaired) electrons. The molecule has 0 saturated heterocycles. The number of fused-ring (bicyclic) bond motifs is 8. The molecular formula is C55H37NS. The van der Waals surface area contributed by atoms with Crippen LogP contribution in [0.25, 0.3) is 85.9 Å². The molecule has 0 aliphatic carbocycles. The Bertz CT molecular complexity index is 3250. The van der Waals surface area contributed by atoms with Gasteiger partial charge in [-0.2, -0.15) is 0 Å². The Balaban J connectivity index is 1.01. The average molecular weight is 744 g/mol. The third-order valence-electron chi connectivity index (χ3n) is 11.6. The summed E-state index contributed by atoms with van der Waals surface area (Å²) in [7, 11) is 0. The second-order valence-electron chi connectivity index (χ2n) is 14.8. The minimum absolute atomic E-state index is 0.724. The van der Waals surface area contributed by atoms with Crippen LogP contribution in [0.5, 0.6) is 0 Å². The van der Waals surface area contributed by atoms with Gasteiger partial charge < -0.3 is 4.90 Å². The molecule has 10 aromatic carbocycles. The Morgan fingerprint density at radius 1 is 0.316 bits per heavy atom. The van der Waals surface area contributed by atoms with E-state index in [0.717, 1.165) is 17.9 Å². The SMILES string of the molecule is c1ccc(-c2ccccc2CN(c2ccc(-c3cc4ccccc4c4ccccc34)cc2)c2ccc(-c3cccc4c3sc3c5ccccc5ccc43)cc2)cc1. The van der Waals surface area contributed by atoms with Gasteiger partial charge >= 0.3 is 0 Å². The molecular weight excluding hydrogens is 707 g/mol. The number of hydrogen-bond acceptors (Lipinski definition) is 2. The van der Waals surface area contributed by atoms with Crippen LogP contribution in [0.2, 0.25) is 0 Å². The highest BCUT2D eigenvalue weighted by atomic mass is 32.1. The molecule has 0 atom stereocenters. The lowest BCUT2D eigenvalue weighted by Crippen LogP contribution is -2.17. The molecule has 0 fully saturated rings. The molecule has 0 aliphatic rings. The van der Waals surface area contributed by atoms with Crippen LogP contribution in [0.4, 0.5) is 11.4 Å². The minimum Gasteiger partial charge on any atom is -0.337 e. The standard InChI is InChI=1S/C55H37NS/c1-2-13-37(14-3-1)45-18-7-6-17-42(45)36-56(44-32-27-40(28-33-44)53-35-41-16-5-8-19-46(41)49-21-10-11-22-50(49)53)43-30-25-39(26-31-43)48-23-12-24-51-52-34-29-38-15-4-9-20-47(38)55(52)57-54(48)51/h1-35H,36H2. The molecule has 11 rings (SSSR count). The van der Waals surface area contributed by atoms with Crippen LogP contribution >= 0.6 is 11.3 Å². The van der Waals surface area contributed by atoms with Crippen LogP contribution in [-0.4, -0.2) is 0 Å². The van der Waals surface area contributed by atoms with E-state index in [9.17, 15) is 0 Å². The first-order valence-electron chi connectivity index (χ1n) is 19.6. The van der Waals surface area contributed by atoms with Crippen LogP contribution in [0.3, 0.4) is 0 Å². The van der Waals surface area contributed by atoms with Crippen molar-refractivity contribution in [2.75, 3.05) is 4.90 Å². The molecule has 0 amide bonds. The Morgan fingerprint density at radius 2 is 0.860 bits per heavy atom. The van der Waals surface area contributed by atoms with Crippen LogP contribution in [0.15, 0.2) is 212 Å². The first-order chi connectivity index (χ1) is 28.3. The average Bonchev–Trinajstić information content (AvgIpc) is 3.68. The summed E-state index contributed by atoms with van der Waals surface area (Å²) in [6.45, 7) is 0.724. The number of rotatable bonds is 7. The number of hydrogen-bond donors (Lipinski definition) is 0. The zero-order valence-electron chi connectivity index (χ0n) is 31.3. The molecule has 57 heavy (non-hydrogen) atoms. The molecule has 268 valence electrons. The molecule has 0 saturated carbocycles. The fourth-order valence-corrected chi connectivity index (χ4v) is 10.1. The van der Waals surface area contributed by atoms with Gasteiger partial charge in [0.25, 0.3) is 0 Å². The molecule has 0 bridgehead atoms. The van der Waals surface area contributed by atoms with E-state index >= 15 is 0 Å². The molecule has 0 spiro atoms.